The molecule has 108 valence electrons. The van der Waals surface area contributed by atoms with Crippen molar-refractivity contribution in [3.05, 3.63) is 29.6 Å². The average molecular weight is 275 g/mol. The molecule has 0 aliphatic rings. The maximum absolute atomic E-state index is 6.00. The van der Waals surface area contributed by atoms with Gasteiger partial charge in [-0.2, -0.15) is 4.98 Å². The lowest BCUT2D eigenvalue weighted by Gasteiger charge is -2.26. The fourth-order valence-corrected chi connectivity index (χ4v) is 2.27. The maximum Gasteiger partial charge on any atom is 0.260 e. The van der Waals surface area contributed by atoms with Gasteiger partial charge in [0.15, 0.2) is 0 Å². The second-order valence-corrected chi connectivity index (χ2v) is 5.98. The average Bonchev–Trinajstić information content (AvgIpc) is 2.77. The van der Waals surface area contributed by atoms with Crippen LogP contribution in [-0.2, 0) is 4.74 Å². The highest BCUT2D eigenvalue weighted by Gasteiger charge is 2.31. The number of rotatable bonds is 3. The standard InChI is InChI=1S/C15H21N3O2/c1-9-7-6-8-10(16)11(9)14-17-13(18-20-14)12(19-5)15(2,3)4/h6-8,12H,16H2,1-5H3. The van der Waals surface area contributed by atoms with Crippen LogP contribution in [0.3, 0.4) is 0 Å². The maximum atomic E-state index is 6.00. The number of aryl methyl sites for hydroxylation is 1. The number of aromatic nitrogens is 2. The lowest BCUT2D eigenvalue weighted by molar-refractivity contribution is 0.00718. The Hall–Kier alpha value is -1.88. The van der Waals surface area contributed by atoms with Gasteiger partial charge in [-0.15, -0.1) is 0 Å². The molecule has 5 nitrogen and oxygen atoms in total. The molecule has 0 amide bonds. The lowest BCUT2D eigenvalue weighted by Crippen LogP contribution is -2.21. The Kier molecular flexibility index (Phi) is 3.81. The summed E-state index contributed by atoms with van der Waals surface area (Å²) >= 11 is 0. The first-order valence-electron chi connectivity index (χ1n) is 6.56. The van der Waals surface area contributed by atoms with E-state index >= 15 is 0 Å². The fraction of sp³-hybridized carbons (Fsp3) is 0.467. The first-order valence-corrected chi connectivity index (χ1v) is 6.56. The predicted octanol–water partition coefficient (Wildman–Crippen LogP) is 3.36. The molecular weight excluding hydrogens is 254 g/mol. The van der Waals surface area contributed by atoms with Crippen molar-refractivity contribution < 1.29 is 9.26 Å². The van der Waals surface area contributed by atoms with Crippen molar-refractivity contribution in [2.75, 3.05) is 12.8 Å². The van der Waals surface area contributed by atoms with Crippen molar-refractivity contribution in [2.45, 2.75) is 33.8 Å². The summed E-state index contributed by atoms with van der Waals surface area (Å²) in [5.74, 6) is 0.972. The van der Waals surface area contributed by atoms with Crippen LogP contribution in [0.15, 0.2) is 22.7 Å². The molecule has 0 spiro atoms. The first-order chi connectivity index (χ1) is 9.34. The van der Waals surface area contributed by atoms with Crippen LogP contribution in [0.5, 0.6) is 0 Å². The monoisotopic (exact) mass is 275 g/mol. The summed E-state index contributed by atoms with van der Waals surface area (Å²) < 4.78 is 10.9. The molecule has 2 N–H and O–H groups in total. The number of nitrogens with two attached hydrogens (primary N) is 1. The third-order valence-electron chi connectivity index (χ3n) is 3.22. The molecule has 1 aromatic carbocycles. The molecule has 1 atom stereocenters. The van der Waals surface area contributed by atoms with Crippen LogP contribution in [0, 0.1) is 12.3 Å². The van der Waals surface area contributed by atoms with Crippen LogP contribution in [0.2, 0.25) is 0 Å². The van der Waals surface area contributed by atoms with E-state index in [-0.39, 0.29) is 11.5 Å². The molecule has 0 aliphatic heterocycles. The summed E-state index contributed by atoms with van der Waals surface area (Å²) in [6.07, 6.45) is -0.231. The topological polar surface area (TPSA) is 74.2 Å². The number of anilines is 1. The van der Waals surface area contributed by atoms with Crippen LogP contribution in [0.25, 0.3) is 11.5 Å². The zero-order valence-electron chi connectivity index (χ0n) is 12.6. The third kappa shape index (κ3) is 2.67. The zero-order chi connectivity index (χ0) is 14.9. The number of nitrogen functional groups attached to an aromatic ring is 1. The lowest BCUT2D eigenvalue weighted by atomic mass is 9.88. The molecule has 0 saturated heterocycles. The molecule has 0 saturated carbocycles. The highest BCUT2D eigenvalue weighted by Crippen LogP contribution is 2.35. The normalized spacial score (nSPS) is 13.4. The zero-order valence-corrected chi connectivity index (χ0v) is 12.6. The van der Waals surface area contributed by atoms with Crippen LogP contribution < -0.4 is 5.73 Å². The predicted molar refractivity (Wildman–Crippen MR) is 78.1 cm³/mol. The van der Waals surface area contributed by atoms with Gasteiger partial charge < -0.3 is 15.0 Å². The van der Waals surface area contributed by atoms with Crippen LogP contribution in [0.1, 0.15) is 38.3 Å². The third-order valence-corrected chi connectivity index (χ3v) is 3.22. The molecule has 2 aromatic rings. The second kappa shape index (κ2) is 5.25. The minimum absolute atomic E-state index is 0.118. The smallest absolute Gasteiger partial charge is 0.260 e. The van der Waals surface area contributed by atoms with Crippen LogP contribution in [0.4, 0.5) is 5.69 Å². The van der Waals surface area contributed by atoms with Crippen molar-refractivity contribution in [1.29, 1.82) is 0 Å². The van der Waals surface area contributed by atoms with Crippen LogP contribution >= 0.6 is 0 Å². The number of benzene rings is 1. The summed E-state index contributed by atoms with van der Waals surface area (Å²) in [5.41, 5.74) is 8.30. The van der Waals surface area contributed by atoms with E-state index in [0.29, 0.717) is 17.4 Å². The van der Waals surface area contributed by atoms with Crippen LogP contribution in [-0.4, -0.2) is 17.3 Å². The molecule has 0 fully saturated rings. The Morgan fingerprint density at radius 2 is 2.00 bits per heavy atom. The summed E-state index contributed by atoms with van der Waals surface area (Å²) in [6.45, 7) is 8.17. The van der Waals surface area contributed by atoms with Gasteiger partial charge in [-0.05, 0) is 24.0 Å². The number of nitrogens with zero attached hydrogens (tertiary/aromatic N) is 2. The van der Waals surface area contributed by atoms with Crippen molar-refractivity contribution in [3.8, 4) is 11.5 Å². The van der Waals surface area contributed by atoms with Gasteiger partial charge in [-0.25, -0.2) is 0 Å². The van der Waals surface area contributed by atoms with Crippen molar-refractivity contribution in [3.63, 3.8) is 0 Å². The molecule has 0 aliphatic carbocycles. The van der Waals surface area contributed by atoms with E-state index < -0.39 is 0 Å². The quantitative estimate of drug-likeness (QED) is 0.869. The largest absolute Gasteiger partial charge is 0.398 e. The molecule has 1 unspecified atom stereocenters. The second-order valence-electron chi connectivity index (χ2n) is 5.98. The Balaban J connectivity index is 2.43. The molecule has 0 radical (unpaired) electrons. The van der Waals surface area contributed by atoms with E-state index in [2.05, 4.69) is 30.9 Å². The van der Waals surface area contributed by atoms with E-state index in [1.54, 1.807) is 7.11 Å². The molecular formula is C15H21N3O2. The van der Waals surface area contributed by atoms with E-state index in [4.69, 9.17) is 15.0 Å². The highest BCUT2D eigenvalue weighted by atomic mass is 16.5. The molecule has 2 rings (SSSR count). The number of ether oxygens (including phenoxy) is 1. The van der Waals surface area contributed by atoms with Crippen molar-refractivity contribution in [1.82, 2.24) is 10.1 Å². The molecule has 0 bridgehead atoms. The van der Waals surface area contributed by atoms with Gasteiger partial charge in [-0.3, -0.25) is 0 Å². The van der Waals surface area contributed by atoms with E-state index in [9.17, 15) is 0 Å². The number of hydrogen-bond donors (Lipinski definition) is 1. The summed E-state index contributed by atoms with van der Waals surface area (Å²) in [5, 5.41) is 4.05. The van der Waals surface area contributed by atoms with E-state index in [1.807, 2.05) is 25.1 Å². The van der Waals surface area contributed by atoms with Crippen molar-refractivity contribution in [2.24, 2.45) is 5.41 Å². The van der Waals surface area contributed by atoms with E-state index in [1.165, 1.54) is 0 Å². The van der Waals surface area contributed by atoms with Gasteiger partial charge in [0.25, 0.3) is 5.89 Å². The summed E-state index contributed by atoms with van der Waals surface area (Å²) in [7, 11) is 1.65. The Labute approximate surface area is 119 Å². The number of hydrogen-bond acceptors (Lipinski definition) is 5. The molecule has 1 heterocycles. The molecule has 20 heavy (non-hydrogen) atoms. The van der Waals surface area contributed by atoms with E-state index in [0.717, 1.165) is 11.1 Å². The summed E-state index contributed by atoms with van der Waals surface area (Å²) in [4.78, 5) is 4.46. The first kappa shape index (κ1) is 14.5. The minimum Gasteiger partial charge on any atom is -0.398 e. The molecule has 5 heteroatoms. The Morgan fingerprint density at radius 1 is 1.30 bits per heavy atom. The minimum atomic E-state index is -0.231. The highest BCUT2D eigenvalue weighted by molar-refractivity contribution is 5.73. The van der Waals surface area contributed by atoms with Gasteiger partial charge >= 0.3 is 0 Å². The Bertz CT molecular complexity index is 579. The molecule has 1 aromatic heterocycles. The van der Waals surface area contributed by atoms with Gasteiger partial charge in [0, 0.05) is 12.8 Å². The van der Waals surface area contributed by atoms with Crippen molar-refractivity contribution >= 4 is 5.69 Å². The fourth-order valence-electron chi connectivity index (χ4n) is 2.27. The summed E-state index contributed by atoms with van der Waals surface area (Å²) in [6, 6.07) is 5.69. The van der Waals surface area contributed by atoms with Gasteiger partial charge in [-0.1, -0.05) is 38.1 Å². The van der Waals surface area contributed by atoms with Gasteiger partial charge in [0.05, 0.1) is 5.56 Å². The Morgan fingerprint density at radius 3 is 2.55 bits per heavy atom. The van der Waals surface area contributed by atoms with Gasteiger partial charge in [0.2, 0.25) is 5.82 Å². The SMILES string of the molecule is COC(c1noc(-c2c(C)cccc2N)n1)C(C)(C)C. The van der Waals surface area contributed by atoms with Gasteiger partial charge in [0.1, 0.15) is 6.10 Å². The number of methoxy groups -OCH3 is 1.